The van der Waals surface area contributed by atoms with Crippen LogP contribution in [0, 0.1) is 0 Å². The Bertz CT molecular complexity index is 364. The summed E-state index contributed by atoms with van der Waals surface area (Å²) in [5.41, 5.74) is 6.89. The third-order valence-electron chi connectivity index (χ3n) is 2.37. The third-order valence-corrected chi connectivity index (χ3v) is 2.37. The molecule has 0 aliphatic carbocycles. The predicted octanol–water partition coefficient (Wildman–Crippen LogP) is 2.57. The van der Waals surface area contributed by atoms with Crippen LogP contribution < -0.4 is 11.1 Å². The van der Waals surface area contributed by atoms with E-state index in [0.29, 0.717) is 11.4 Å². The molecule has 16 heavy (non-hydrogen) atoms. The minimum atomic E-state index is -0.953. The highest BCUT2D eigenvalue weighted by Crippen LogP contribution is 2.19. The number of nitrogens with one attached hydrogen (secondary N) is 1. The van der Waals surface area contributed by atoms with Gasteiger partial charge in [-0.3, -0.25) is 0 Å². The molecule has 0 amide bonds. The van der Waals surface area contributed by atoms with E-state index in [0.717, 1.165) is 25.8 Å². The highest BCUT2D eigenvalue weighted by molar-refractivity contribution is 5.95. The number of hydrogen-bond donors (Lipinski definition) is 3. The maximum absolute atomic E-state index is 11.0. The first-order chi connectivity index (χ1) is 7.65. The molecule has 0 saturated carbocycles. The number of rotatable bonds is 6. The Hall–Kier alpha value is -1.71. The monoisotopic (exact) mass is 222 g/mol. The SMILES string of the molecule is CCCCCNc1ccc(N)cc1C(=O)O. The predicted molar refractivity (Wildman–Crippen MR) is 65.8 cm³/mol. The fraction of sp³-hybridized carbons (Fsp3) is 0.417. The Balaban J connectivity index is 2.67. The van der Waals surface area contributed by atoms with E-state index in [9.17, 15) is 4.79 Å². The van der Waals surface area contributed by atoms with Crippen molar-refractivity contribution in [2.45, 2.75) is 26.2 Å². The molecular weight excluding hydrogens is 204 g/mol. The highest BCUT2D eigenvalue weighted by atomic mass is 16.4. The summed E-state index contributed by atoms with van der Waals surface area (Å²) in [7, 11) is 0. The van der Waals surface area contributed by atoms with Crippen molar-refractivity contribution >= 4 is 17.3 Å². The summed E-state index contributed by atoms with van der Waals surface area (Å²) in [4.78, 5) is 11.0. The molecule has 0 aromatic heterocycles. The second kappa shape index (κ2) is 6.00. The number of benzene rings is 1. The Morgan fingerprint density at radius 1 is 1.44 bits per heavy atom. The van der Waals surface area contributed by atoms with Crippen molar-refractivity contribution < 1.29 is 9.90 Å². The normalized spacial score (nSPS) is 10.1. The summed E-state index contributed by atoms with van der Waals surface area (Å²) in [6, 6.07) is 4.89. The Morgan fingerprint density at radius 2 is 2.19 bits per heavy atom. The molecule has 4 N–H and O–H groups in total. The fourth-order valence-corrected chi connectivity index (χ4v) is 1.49. The van der Waals surface area contributed by atoms with E-state index in [1.165, 1.54) is 6.07 Å². The van der Waals surface area contributed by atoms with Crippen molar-refractivity contribution in [1.29, 1.82) is 0 Å². The lowest BCUT2D eigenvalue weighted by Gasteiger charge is -2.09. The zero-order valence-electron chi connectivity index (χ0n) is 9.49. The number of unbranched alkanes of at least 4 members (excludes halogenated alkanes) is 2. The van der Waals surface area contributed by atoms with Crippen LogP contribution in [0.5, 0.6) is 0 Å². The molecule has 0 spiro atoms. The second-order valence-electron chi connectivity index (χ2n) is 3.74. The lowest BCUT2D eigenvalue weighted by molar-refractivity contribution is 0.0698. The summed E-state index contributed by atoms with van der Waals surface area (Å²) in [6.45, 7) is 2.92. The van der Waals surface area contributed by atoms with Crippen molar-refractivity contribution in [3.8, 4) is 0 Å². The van der Waals surface area contributed by atoms with Crippen LogP contribution in [0.4, 0.5) is 11.4 Å². The van der Waals surface area contributed by atoms with Gasteiger partial charge in [-0.15, -0.1) is 0 Å². The molecule has 0 radical (unpaired) electrons. The molecule has 0 saturated heterocycles. The van der Waals surface area contributed by atoms with E-state index >= 15 is 0 Å². The maximum atomic E-state index is 11.0. The van der Waals surface area contributed by atoms with E-state index in [2.05, 4.69) is 12.2 Å². The van der Waals surface area contributed by atoms with Crippen LogP contribution in [-0.4, -0.2) is 17.6 Å². The van der Waals surface area contributed by atoms with Gasteiger partial charge in [-0.05, 0) is 24.6 Å². The number of aromatic carboxylic acids is 1. The fourth-order valence-electron chi connectivity index (χ4n) is 1.49. The Labute approximate surface area is 95.5 Å². The van der Waals surface area contributed by atoms with Crippen molar-refractivity contribution in [1.82, 2.24) is 0 Å². The molecule has 0 fully saturated rings. The number of nitrogen functional groups attached to an aromatic ring is 1. The number of carboxylic acid groups (broad SMARTS) is 1. The molecule has 1 aromatic carbocycles. The number of hydrogen-bond acceptors (Lipinski definition) is 3. The van der Waals surface area contributed by atoms with E-state index in [-0.39, 0.29) is 5.56 Å². The first-order valence-corrected chi connectivity index (χ1v) is 5.52. The minimum Gasteiger partial charge on any atom is -0.478 e. The van der Waals surface area contributed by atoms with Crippen LogP contribution in [0.3, 0.4) is 0 Å². The molecule has 1 aromatic rings. The zero-order chi connectivity index (χ0) is 12.0. The molecule has 4 nitrogen and oxygen atoms in total. The van der Waals surface area contributed by atoms with Gasteiger partial charge in [-0.2, -0.15) is 0 Å². The summed E-state index contributed by atoms with van der Waals surface area (Å²) in [6.07, 6.45) is 3.33. The second-order valence-corrected chi connectivity index (χ2v) is 3.74. The van der Waals surface area contributed by atoms with E-state index < -0.39 is 5.97 Å². The maximum Gasteiger partial charge on any atom is 0.337 e. The average Bonchev–Trinajstić information content (AvgIpc) is 2.26. The van der Waals surface area contributed by atoms with Crippen molar-refractivity contribution in [2.75, 3.05) is 17.6 Å². The van der Waals surface area contributed by atoms with Crippen LogP contribution in [0.2, 0.25) is 0 Å². The molecule has 1 rings (SSSR count). The van der Waals surface area contributed by atoms with Crippen LogP contribution in [0.15, 0.2) is 18.2 Å². The standard InChI is InChI=1S/C12H18N2O2/c1-2-3-4-7-14-11-6-5-9(13)8-10(11)12(15)16/h5-6,8,14H,2-4,7,13H2,1H3,(H,15,16). The molecule has 0 aliphatic heterocycles. The molecular formula is C12H18N2O2. The number of nitrogens with two attached hydrogens (primary N) is 1. The number of carboxylic acids is 1. The van der Waals surface area contributed by atoms with Gasteiger partial charge in [0.25, 0.3) is 0 Å². The van der Waals surface area contributed by atoms with E-state index in [1.807, 2.05) is 0 Å². The van der Waals surface area contributed by atoms with Gasteiger partial charge in [0, 0.05) is 17.9 Å². The smallest absolute Gasteiger partial charge is 0.337 e. The van der Waals surface area contributed by atoms with E-state index in [1.54, 1.807) is 12.1 Å². The minimum absolute atomic E-state index is 0.233. The Morgan fingerprint density at radius 3 is 2.81 bits per heavy atom. The molecule has 0 bridgehead atoms. The summed E-state index contributed by atoms with van der Waals surface area (Å²) >= 11 is 0. The van der Waals surface area contributed by atoms with Crippen LogP contribution in [0.25, 0.3) is 0 Å². The highest BCUT2D eigenvalue weighted by Gasteiger charge is 2.09. The third kappa shape index (κ3) is 3.46. The molecule has 0 heterocycles. The van der Waals surface area contributed by atoms with Crippen LogP contribution in [0.1, 0.15) is 36.5 Å². The lowest BCUT2D eigenvalue weighted by Crippen LogP contribution is -2.08. The zero-order valence-corrected chi connectivity index (χ0v) is 9.49. The first-order valence-electron chi connectivity index (χ1n) is 5.52. The molecule has 0 atom stereocenters. The molecule has 4 heteroatoms. The van der Waals surface area contributed by atoms with Gasteiger partial charge in [0.2, 0.25) is 0 Å². The van der Waals surface area contributed by atoms with Gasteiger partial charge >= 0.3 is 5.97 Å². The summed E-state index contributed by atoms with van der Waals surface area (Å²) in [5.74, 6) is -0.953. The van der Waals surface area contributed by atoms with Gasteiger partial charge in [0.15, 0.2) is 0 Å². The Kier molecular flexibility index (Phi) is 4.64. The van der Waals surface area contributed by atoms with Crippen molar-refractivity contribution in [2.24, 2.45) is 0 Å². The van der Waals surface area contributed by atoms with Gasteiger partial charge in [0.1, 0.15) is 0 Å². The van der Waals surface area contributed by atoms with Gasteiger partial charge in [0.05, 0.1) is 5.56 Å². The van der Waals surface area contributed by atoms with Crippen LogP contribution >= 0.6 is 0 Å². The van der Waals surface area contributed by atoms with Gasteiger partial charge in [-0.25, -0.2) is 4.79 Å². The largest absolute Gasteiger partial charge is 0.478 e. The first kappa shape index (κ1) is 12.4. The van der Waals surface area contributed by atoms with Gasteiger partial charge in [-0.1, -0.05) is 19.8 Å². The van der Waals surface area contributed by atoms with E-state index in [4.69, 9.17) is 10.8 Å². The number of anilines is 2. The number of carbonyl (C=O) groups is 1. The topological polar surface area (TPSA) is 75.3 Å². The van der Waals surface area contributed by atoms with Gasteiger partial charge < -0.3 is 16.2 Å². The summed E-state index contributed by atoms with van der Waals surface area (Å²) < 4.78 is 0. The molecule has 88 valence electrons. The summed E-state index contributed by atoms with van der Waals surface area (Å²) in [5, 5.41) is 12.1. The lowest BCUT2D eigenvalue weighted by atomic mass is 10.1. The molecule has 0 aliphatic rings. The van der Waals surface area contributed by atoms with Crippen LogP contribution in [-0.2, 0) is 0 Å². The van der Waals surface area contributed by atoms with Crippen molar-refractivity contribution in [3.63, 3.8) is 0 Å². The van der Waals surface area contributed by atoms with Crippen molar-refractivity contribution in [3.05, 3.63) is 23.8 Å². The average molecular weight is 222 g/mol. The molecule has 0 unspecified atom stereocenters. The quantitative estimate of drug-likeness (QED) is 0.510.